The maximum absolute atomic E-state index is 13.5. The summed E-state index contributed by atoms with van der Waals surface area (Å²) in [6.45, 7) is 6.31. The van der Waals surface area contributed by atoms with Gasteiger partial charge >= 0.3 is 0 Å². The van der Waals surface area contributed by atoms with Crippen LogP contribution >= 0.6 is 0 Å². The van der Waals surface area contributed by atoms with Gasteiger partial charge in [-0.2, -0.15) is 5.10 Å². The van der Waals surface area contributed by atoms with E-state index in [1.165, 1.54) is 22.9 Å². The van der Waals surface area contributed by atoms with Crippen LogP contribution in [0, 0.1) is 19.7 Å². The van der Waals surface area contributed by atoms with Gasteiger partial charge in [0.2, 0.25) is 5.91 Å². The van der Waals surface area contributed by atoms with Crippen molar-refractivity contribution in [2.45, 2.75) is 33.4 Å². The Morgan fingerprint density at radius 2 is 1.87 bits per heavy atom. The lowest BCUT2D eigenvalue weighted by Gasteiger charge is -2.34. The molecule has 4 rings (SSSR count). The molecule has 1 aliphatic heterocycles. The summed E-state index contributed by atoms with van der Waals surface area (Å²) in [5, 5.41) is 4.63. The highest BCUT2D eigenvalue weighted by Gasteiger charge is 2.24. The molecule has 0 bridgehead atoms. The number of alkyl halides is 2. The lowest BCUT2D eigenvalue weighted by molar-refractivity contribution is -0.133. The first-order valence-corrected chi connectivity index (χ1v) is 10.2. The first-order chi connectivity index (χ1) is 14.8. The number of piperazine rings is 1. The van der Waals surface area contributed by atoms with Gasteiger partial charge in [-0.3, -0.25) is 9.69 Å². The minimum atomic E-state index is -2.64. The van der Waals surface area contributed by atoms with Crippen molar-refractivity contribution in [3.05, 3.63) is 58.7 Å². The van der Waals surface area contributed by atoms with Gasteiger partial charge in [-0.1, -0.05) is 12.1 Å². The van der Waals surface area contributed by atoms with Crippen molar-refractivity contribution in [1.29, 1.82) is 0 Å². The van der Waals surface area contributed by atoms with Crippen LogP contribution in [0.5, 0.6) is 0 Å². The number of amides is 1. The molecule has 0 unspecified atom stereocenters. The van der Waals surface area contributed by atoms with Crippen LogP contribution in [0.25, 0.3) is 11.0 Å². The number of hydrogen-bond acceptors (Lipinski definition) is 4. The van der Waals surface area contributed by atoms with Crippen molar-refractivity contribution in [1.82, 2.24) is 24.6 Å². The monoisotopic (exact) mass is 431 g/mol. The molecule has 2 aromatic heterocycles. The fourth-order valence-corrected chi connectivity index (χ4v) is 4.08. The van der Waals surface area contributed by atoms with E-state index in [2.05, 4.69) is 15.0 Å². The Balaban J connectivity index is 1.43. The van der Waals surface area contributed by atoms with E-state index in [-0.39, 0.29) is 23.8 Å². The van der Waals surface area contributed by atoms with Crippen molar-refractivity contribution >= 4 is 16.9 Å². The predicted octanol–water partition coefficient (Wildman–Crippen LogP) is 3.47. The first-order valence-electron chi connectivity index (χ1n) is 10.2. The van der Waals surface area contributed by atoms with Gasteiger partial charge in [-0.15, -0.1) is 0 Å². The quantitative estimate of drug-likeness (QED) is 0.621. The lowest BCUT2D eigenvalue weighted by Crippen LogP contribution is -2.49. The molecule has 31 heavy (non-hydrogen) atoms. The Labute approximate surface area is 178 Å². The number of pyridine rings is 1. The van der Waals surface area contributed by atoms with Crippen LogP contribution in [0.2, 0.25) is 0 Å². The molecule has 0 N–H and O–H groups in total. The van der Waals surface area contributed by atoms with Crippen molar-refractivity contribution < 1.29 is 18.0 Å². The normalized spacial score (nSPS) is 15.2. The Bertz CT molecular complexity index is 1110. The molecule has 1 amide bonds. The molecule has 1 fully saturated rings. The summed E-state index contributed by atoms with van der Waals surface area (Å²) in [4.78, 5) is 21.1. The molecular weight excluding hydrogens is 407 g/mol. The van der Waals surface area contributed by atoms with Crippen LogP contribution < -0.4 is 0 Å². The third-order valence-electron chi connectivity index (χ3n) is 5.58. The highest BCUT2D eigenvalue weighted by molar-refractivity contribution is 5.84. The van der Waals surface area contributed by atoms with Crippen molar-refractivity contribution in [2.24, 2.45) is 0 Å². The van der Waals surface area contributed by atoms with Crippen molar-refractivity contribution in [3.8, 4) is 0 Å². The molecule has 1 saturated heterocycles. The van der Waals surface area contributed by atoms with Gasteiger partial charge < -0.3 is 4.90 Å². The molecule has 0 atom stereocenters. The van der Waals surface area contributed by atoms with Crippen LogP contribution in [0.15, 0.2) is 30.3 Å². The van der Waals surface area contributed by atoms with E-state index in [9.17, 15) is 18.0 Å². The smallest absolute Gasteiger partial charge is 0.264 e. The molecule has 0 radical (unpaired) electrons. The molecule has 0 aliphatic carbocycles. The Morgan fingerprint density at radius 1 is 1.13 bits per heavy atom. The summed E-state index contributed by atoms with van der Waals surface area (Å²) in [6.07, 6.45) is -2.64. The van der Waals surface area contributed by atoms with E-state index in [1.807, 2.05) is 6.07 Å². The highest BCUT2D eigenvalue weighted by atomic mass is 19.3. The number of rotatable bonds is 5. The number of aromatic nitrogens is 3. The summed E-state index contributed by atoms with van der Waals surface area (Å²) in [5.41, 5.74) is 2.00. The Kier molecular flexibility index (Phi) is 5.95. The van der Waals surface area contributed by atoms with E-state index in [0.29, 0.717) is 55.1 Å². The SMILES string of the molecule is Cc1cc(C(F)F)c2c(C)nn(CC(=O)N3CCN(Cc4cccc(F)c4)CC3)c2n1. The van der Waals surface area contributed by atoms with Gasteiger partial charge in [0.15, 0.2) is 5.65 Å². The molecule has 1 aliphatic rings. The summed E-state index contributed by atoms with van der Waals surface area (Å²) in [7, 11) is 0. The number of carbonyl (C=O) groups is 1. The first kappa shape index (κ1) is 21.3. The number of benzene rings is 1. The number of hydrogen-bond donors (Lipinski definition) is 0. The third kappa shape index (κ3) is 4.56. The van der Waals surface area contributed by atoms with Gasteiger partial charge in [0.05, 0.1) is 11.1 Å². The van der Waals surface area contributed by atoms with Crippen LogP contribution in [-0.4, -0.2) is 56.7 Å². The maximum Gasteiger partial charge on any atom is 0.264 e. The Hall–Kier alpha value is -2.94. The molecule has 0 spiro atoms. The van der Waals surface area contributed by atoms with Crippen LogP contribution in [0.1, 0.15) is 28.9 Å². The minimum absolute atomic E-state index is 0.0482. The van der Waals surface area contributed by atoms with Gasteiger partial charge in [-0.25, -0.2) is 22.8 Å². The fourth-order valence-electron chi connectivity index (χ4n) is 4.08. The zero-order valence-corrected chi connectivity index (χ0v) is 17.5. The summed E-state index contributed by atoms with van der Waals surface area (Å²) < 4.78 is 41.7. The van der Waals surface area contributed by atoms with E-state index in [1.54, 1.807) is 24.8 Å². The van der Waals surface area contributed by atoms with E-state index in [4.69, 9.17) is 0 Å². The van der Waals surface area contributed by atoms with Crippen molar-refractivity contribution in [3.63, 3.8) is 0 Å². The molecular formula is C22H24F3N5O. The minimum Gasteiger partial charge on any atom is -0.339 e. The van der Waals surface area contributed by atoms with Gasteiger partial charge in [0.1, 0.15) is 12.4 Å². The lowest BCUT2D eigenvalue weighted by atomic mass is 10.1. The second kappa shape index (κ2) is 8.66. The molecule has 3 heterocycles. The maximum atomic E-state index is 13.5. The zero-order valence-electron chi connectivity index (χ0n) is 17.5. The summed E-state index contributed by atoms with van der Waals surface area (Å²) in [6, 6.07) is 7.88. The van der Waals surface area contributed by atoms with E-state index < -0.39 is 6.43 Å². The van der Waals surface area contributed by atoms with Gasteiger partial charge in [0, 0.05) is 44.0 Å². The largest absolute Gasteiger partial charge is 0.339 e. The van der Waals surface area contributed by atoms with Gasteiger partial charge in [0.25, 0.3) is 6.43 Å². The standard InChI is InChI=1S/C22H24F3N5O/c1-14-10-18(21(24)25)20-15(2)27-30(22(20)26-14)13-19(31)29-8-6-28(7-9-29)12-16-4-3-5-17(23)11-16/h3-5,10-11,21H,6-9,12-13H2,1-2H3. The van der Waals surface area contributed by atoms with Crippen LogP contribution in [0.4, 0.5) is 13.2 Å². The number of fused-ring (bicyclic) bond motifs is 1. The summed E-state index contributed by atoms with van der Waals surface area (Å²) in [5.74, 6) is -0.386. The van der Waals surface area contributed by atoms with Crippen molar-refractivity contribution in [2.75, 3.05) is 26.2 Å². The molecule has 9 heteroatoms. The molecule has 3 aromatic rings. The fraction of sp³-hybridized carbons (Fsp3) is 0.409. The van der Waals surface area contributed by atoms with Crippen LogP contribution in [0.3, 0.4) is 0 Å². The molecule has 6 nitrogen and oxygen atoms in total. The third-order valence-corrected chi connectivity index (χ3v) is 5.58. The number of halogens is 3. The summed E-state index contributed by atoms with van der Waals surface area (Å²) >= 11 is 0. The molecule has 0 saturated carbocycles. The second-order valence-corrected chi connectivity index (χ2v) is 7.88. The topological polar surface area (TPSA) is 54.3 Å². The van der Waals surface area contributed by atoms with E-state index in [0.717, 1.165) is 5.56 Å². The zero-order chi connectivity index (χ0) is 22.1. The van der Waals surface area contributed by atoms with Crippen LogP contribution in [-0.2, 0) is 17.9 Å². The number of nitrogens with zero attached hydrogens (tertiary/aromatic N) is 5. The predicted molar refractivity (Wildman–Crippen MR) is 110 cm³/mol. The highest BCUT2D eigenvalue weighted by Crippen LogP contribution is 2.30. The Morgan fingerprint density at radius 3 is 2.55 bits per heavy atom. The van der Waals surface area contributed by atoms with E-state index >= 15 is 0 Å². The molecule has 1 aromatic carbocycles. The van der Waals surface area contributed by atoms with Gasteiger partial charge in [-0.05, 0) is 37.6 Å². The second-order valence-electron chi connectivity index (χ2n) is 7.88. The number of carbonyl (C=O) groups excluding carboxylic acids is 1. The molecule has 164 valence electrons. The number of aryl methyl sites for hydroxylation is 2. The average Bonchev–Trinajstić information content (AvgIpc) is 3.03. The average molecular weight is 431 g/mol.